The van der Waals surface area contributed by atoms with E-state index in [4.69, 9.17) is 0 Å². The zero-order valence-corrected chi connectivity index (χ0v) is 15.3. The first kappa shape index (κ1) is 16.7. The van der Waals surface area contributed by atoms with Crippen LogP contribution in [0.2, 0.25) is 0 Å². The Morgan fingerprint density at radius 2 is 1.79 bits per heavy atom. The smallest absolute Gasteiger partial charge is 0.262 e. The van der Waals surface area contributed by atoms with Crippen LogP contribution < -0.4 is 4.72 Å². The molecule has 1 aromatic heterocycles. The number of aryl methyl sites for hydroxylation is 3. The third kappa shape index (κ3) is 3.34. The highest BCUT2D eigenvalue weighted by Gasteiger charge is 2.19. The molecule has 0 amide bonds. The summed E-state index contributed by atoms with van der Waals surface area (Å²) in [5.74, 6) is 0. The highest BCUT2D eigenvalue weighted by Crippen LogP contribution is 2.31. The van der Waals surface area contributed by atoms with Crippen LogP contribution >= 0.6 is 11.3 Å². The number of hydrogen-bond acceptors (Lipinski definition) is 4. The topological polar surface area (TPSA) is 59.1 Å². The average Bonchev–Trinajstić information content (AvgIpc) is 2.96. The van der Waals surface area contributed by atoms with Gasteiger partial charge in [0.25, 0.3) is 10.0 Å². The molecule has 1 N–H and O–H groups in total. The van der Waals surface area contributed by atoms with Crippen molar-refractivity contribution in [3.8, 4) is 11.3 Å². The standard InChI is InChI=1S/C18H18N2O2S2/c1-12-8-9-13(2)18(10-12)24(21,22)20-16-7-5-4-6-15(16)17-11-23-14(3)19-17/h4-11,20H,1-3H3. The summed E-state index contributed by atoms with van der Waals surface area (Å²) in [6, 6.07) is 12.7. The maximum absolute atomic E-state index is 12.8. The van der Waals surface area contributed by atoms with Crippen molar-refractivity contribution >= 4 is 27.0 Å². The van der Waals surface area contributed by atoms with E-state index < -0.39 is 10.0 Å². The third-order valence-corrected chi connectivity index (χ3v) is 5.98. The lowest BCUT2D eigenvalue weighted by Crippen LogP contribution is -2.15. The zero-order chi connectivity index (χ0) is 17.3. The summed E-state index contributed by atoms with van der Waals surface area (Å²) in [5.41, 5.74) is 3.70. The minimum absolute atomic E-state index is 0.298. The second-order valence-corrected chi connectivity index (χ2v) is 8.38. The number of aromatic nitrogens is 1. The molecule has 0 saturated heterocycles. The number of sulfonamides is 1. The van der Waals surface area contributed by atoms with Gasteiger partial charge in [-0.3, -0.25) is 4.72 Å². The van der Waals surface area contributed by atoms with Crippen molar-refractivity contribution in [1.82, 2.24) is 4.98 Å². The van der Waals surface area contributed by atoms with Gasteiger partial charge in [0.2, 0.25) is 0 Å². The van der Waals surface area contributed by atoms with Gasteiger partial charge in [-0.05, 0) is 44.0 Å². The molecular weight excluding hydrogens is 340 g/mol. The van der Waals surface area contributed by atoms with Crippen LogP contribution in [0.5, 0.6) is 0 Å². The minimum atomic E-state index is -3.66. The van der Waals surface area contributed by atoms with E-state index in [0.717, 1.165) is 27.4 Å². The van der Waals surface area contributed by atoms with E-state index in [1.54, 1.807) is 19.1 Å². The molecule has 0 bridgehead atoms. The zero-order valence-electron chi connectivity index (χ0n) is 13.7. The molecule has 3 aromatic rings. The van der Waals surface area contributed by atoms with Crippen LogP contribution in [0.25, 0.3) is 11.3 Å². The van der Waals surface area contributed by atoms with Gasteiger partial charge in [0.1, 0.15) is 0 Å². The van der Waals surface area contributed by atoms with E-state index in [9.17, 15) is 8.42 Å². The Morgan fingerprint density at radius 3 is 2.50 bits per heavy atom. The Bertz CT molecular complexity index is 992. The molecular formula is C18H18N2O2S2. The van der Waals surface area contributed by atoms with Crippen LogP contribution in [0.1, 0.15) is 16.1 Å². The van der Waals surface area contributed by atoms with Crippen molar-refractivity contribution in [1.29, 1.82) is 0 Å². The molecule has 0 aliphatic heterocycles. The van der Waals surface area contributed by atoms with Gasteiger partial charge in [-0.15, -0.1) is 11.3 Å². The van der Waals surface area contributed by atoms with Gasteiger partial charge in [0.05, 0.1) is 21.3 Å². The van der Waals surface area contributed by atoms with Crippen LogP contribution in [-0.4, -0.2) is 13.4 Å². The summed E-state index contributed by atoms with van der Waals surface area (Å²) in [5, 5.41) is 2.87. The summed E-state index contributed by atoms with van der Waals surface area (Å²) in [7, 11) is -3.66. The van der Waals surface area contributed by atoms with E-state index in [1.807, 2.05) is 49.6 Å². The van der Waals surface area contributed by atoms with E-state index in [-0.39, 0.29) is 0 Å². The maximum Gasteiger partial charge on any atom is 0.262 e. The maximum atomic E-state index is 12.8. The molecule has 24 heavy (non-hydrogen) atoms. The number of anilines is 1. The van der Waals surface area contributed by atoms with Gasteiger partial charge in [0.15, 0.2) is 0 Å². The average molecular weight is 358 g/mol. The van der Waals surface area contributed by atoms with Crippen molar-refractivity contribution in [2.75, 3.05) is 4.72 Å². The fraction of sp³-hybridized carbons (Fsp3) is 0.167. The highest BCUT2D eigenvalue weighted by molar-refractivity contribution is 7.92. The summed E-state index contributed by atoms with van der Waals surface area (Å²) >= 11 is 1.54. The van der Waals surface area contributed by atoms with Crippen LogP contribution in [0, 0.1) is 20.8 Å². The van der Waals surface area contributed by atoms with Gasteiger partial charge >= 0.3 is 0 Å². The van der Waals surface area contributed by atoms with Crippen molar-refractivity contribution in [3.05, 3.63) is 64.0 Å². The highest BCUT2D eigenvalue weighted by atomic mass is 32.2. The van der Waals surface area contributed by atoms with Gasteiger partial charge < -0.3 is 0 Å². The molecule has 4 nitrogen and oxygen atoms in total. The van der Waals surface area contributed by atoms with E-state index in [2.05, 4.69) is 9.71 Å². The van der Waals surface area contributed by atoms with E-state index >= 15 is 0 Å². The third-order valence-electron chi connectivity index (χ3n) is 3.70. The van der Waals surface area contributed by atoms with Crippen molar-refractivity contribution in [2.24, 2.45) is 0 Å². The monoisotopic (exact) mass is 358 g/mol. The summed E-state index contributed by atoms with van der Waals surface area (Å²) in [4.78, 5) is 4.76. The fourth-order valence-electron chi connectivity index (χ4n) is 2.48. The van der Waals surface area contributed by atoms with Crippen molar-refractivity contribution in [3.63, 3.8) is 0 Å². The number of nitrogens with zero attached hydrogens (tertiary/aromatic N) is 1. The number of thiazole rings is 1. The molecule has 1 heterocycles. The normalized spacial score (nSPS) is 11.5. The molecule has 0 radical (unpaired) electrons. The molecule has 0 aliphatic carbocycles. The molecule has 0 saturated carbocycles. The molecule has 0 fully saturated rings. The van der Waals surface area contributed by atoms with Crippen LogP contribution in [-0.2, 0) is 10.0 Å². The second kappa shape index (κ2) is 6.37. The number of para-hydroxylation sites is 1. The Hall–Kier alpha value is -2.18. The fourth-order valence-corrected chi connectivity index (χ4v) is 4.50. The molecule has 3 rings (SSSR count). The predicted molar refractivity (Wildman–Crippen MR) is 99.0 cm³/mol. The van der Waals surface area contributed by atoms with E-state index in [0.29, 0.717) is 10.6 Å². The lowest BCUT2D eigenvalue weighted by atomic mass is 10.1. The predicted octanol–water partition coefficient (Wildman–Crippen LogP) is 4.54. The summed E-state index contributed by atoms with van der Waals surface area (Å²) in [6.07, 6.45) is 0. The first-order chi connectivity index (χ1) is 11.4. The van der Waals surface area contributed by atoms with Crippen LogP contribution in [0.15, 0.2) is 52.7 Å². The summed E-state index contributed by atoms with van der Waals surface area (Å²) in [6.45, 7) is 5.60. The van der Waals surface area contributed by atoms with Crippen molar-refractivity contribution < 1.29 is 8.42 Å². The number of benzene rings is 2. The Morgan fingerprint density at radius 1 is 1.04 bits per heavy atom. The largest absolute Gasteiger partial charge is 0.279 e. The number of nitrogens with one attached hydrogen (secondary N) is 1. The first-order valence-corrected chi connectivity index (χ1v) is 9.85. The lowest BCUT2D eigenvalue weighted by molar-refractivity contribution is 0.600. The lowest BCUT2D eigenvalue weighted by Gasteiger charge is -2.13. The quantitative estimate of drug-likeness (QED) is 0.745. The molecule has 0 aliphatic rings. The molecule has 124 valence electrons. The Labute approximate surface area is 146 Å². The summed E-state index contributed by atoms with van der Waals surface area (Å²) < 4.78 is 28.4. The number of hydrogen-bond donors (Lipinski definition) is 1. The van der Waals surface area contributed by atoms with Gasteiger partial charge in [-0.2, -0.15) is 0 Å². The first-order valence-electron chi connectivity index (χ1n) is 7.48. The van der Waals surface area contributed by atoms with Crippen LogP contribution in [0.3, 0.4) is 0 Å². The minimum Gasteiger partial charge on any atom is -0.279 e. The molecule has 0 spiro atoms. The SMILES string of the molecule is Cc1ccc(C)c(S(=O)(=O)Nc2ccccc2-c2csc(C)n2)c1. The Kier molecular flexibility index (Phi) is 4.43. The molecule has 0 atom stereocenters. The van der Waals surface area contributed by atoms with Gasteiger partial charge in [-0.1, -0.05) is 30.3 Å². The molecule has 6 heteroatoms. The van der Waals surface area contributed by atoms with Crippen molar-refractivity contribution in [2.45, 2.75) is 25.7 Å². The second-order valence-electron chi connectivity index (χ2n) is 5.67. The van der Waals surface area contributed by atoms with E-state index in [1.165, 1.54) is 11.3 Å². The molecule has 2 aromatic carbocycles. The number of rotatable bonds is 4. The van der Waals surface area contributed by atoms with Crippen LogP contribution in [0.4, 0.5) is 5.69 Å². The van der Waals surface area contributed by atoms with Gasteiger partial charge in [0, 0.05) is 10.9 Å². The Balaban J connectivity index is 2.04. The van der Waals surface area contributed by atoms with Gasteiger partial charge in [-0.25, -0.2) is 13.4 Å². The molecule has 0 unspecified atom stereocenters.